The molecule has 5 nitrogen and oxygen atoms in total. The highest BCUT2D eigenvalue weighted by Gasteiger charge is 2.24. The van der Waals surface area contributed by atoms with E-state index in [1.54, 1.807) is 0 Å². The highest BCUT2D eigenvalue weighted by molar-refractivity contribution is 6.01. The maximum Gasteiger partial charge on any atom is 0.323 e. The van der Waals surface area contributed by atoms with Crippen LogP contribution in [0, 0.1) is 6.92 Å². The Hall–Kier alpha value is -3.60. The zero-order chi connectivity index (χ0) is 20.2. The van der Waals surface area contributed by atoms with Gasteiger partial charge in [-0.15, -0.1) is 0 Å². The second-order valence-corrected chi connectivity index (χ2v) is 7.20. The van der Waals surface area contributed by atoms with Crippen LogP contribution in [0.1, 0.15) is 23.1 Å². The lowest BCUT2D eigenvalue weighted by molar-refractivity contribution is -0.119. The van der Waals surface area contributed by atoms with Crippen LogP contribution in [0.15, 0.2) is 72.8 Å². The first-order chi connectivity index (χ1) is 14.1. The predicted molar refractivity (Wildman–Crippen MR) is 116 cm³/mol. The Morgan fingerprint density at radius 3 is 2.48 bits per heavy atom. The molecule has 0 saturated heterocycles. The van der Waals surface area contributed by atoms with Gasteiger partial charge < -0.3 is 15.5 Å². The van der Waals surface area contributed by atoms with Crippen molar-refractivity contribution < 1.29 is 9.59 Å². The average molecular weight is 385 g/mol. The fourth-order valence-electron chi connectivity index (χ4n) is 3.57. The zero-order valence-electron chi connectivity index (χ0n) is 16.3. The van der Waals surface area contributed by atoms with Gasteiger partial charge in [0.15, 0.2) is 0 Å². The molecule has 0 radical (unpaired) electrons. The molecule has 0 atom stereocenters. The number of anilines is 3. The number of carbonyl (C=O) groups excluding carboxylic acids is 2. The van der Waals surface area contributed by atoms with Gasteiger partial charge in [-0.1, -0.05) is 48.5 Å². The number of aryl methyl sites for hydroxylation is 2. The summed E-state index contributed by atoms with van der Waals surface area (Å²) in [4.78, 5) is 26.7. The van der Waals surface area contributed by atoms with E-state index in [0.717, 1.165) is 28.1 Å². The molecule has 0 unspecified atom stereocenters. The van der Waals surface area contributed by atoms with E-state index in [-0.39, 0.29) is 11.9 Å². The van der Waals surface area contributed by atoms with Crippen molar-refractivity contribution in [2.45, 2.75) is 26.3 Å². The Bertz CT molecular complexity index is 1050. The smallest absolute Gasteiger partial charge is 0.308 e. The number of para-hydroxylation sites is 1. The highest BCUT2D eigenvalue weighted by atomic mass is 16.2. The van der Waals surface area contributed by atoms with Crippen molar-refractivity contribution in [1.29, 1.82) is 0 Å². The summed E-state index contributed by atoms with van der Waals surface area (Å²) in [6.45, 7) is 2.50. The van der Waals surface area contributed by atoms with E-state index < -0.39 is 0 Å². The van der Waals surface area contributed by atoms with Gasteiger partial charge in [-0.05, 0) is 54.3 Å². The molecule has 3 aromatic carbocycles. The minimum absolute atomic E-state index is 0.124. The number of fused-ring (bicyclic) bond motifs is 1. The number of carbonyl (C=O) groups is 2. The summed E-state index contributed by atoms with van der Waals surface area (Å²) in [7, 11) is 0. The minimum atomic E-state index is -0.285. The molecule has 0 fully saturated rings. The number of nitrogens with zero attached hydrogens (tertiary/aromatic N) is 1. The van der Waals surface area contributed by atoms with Crippen LogP contribution in [-0.4, -0.2) is 11.9 Å². The van der Waals surface area contributed by atoms with Gasteiger partial charge in [-0.2, -0.15) is 0 Å². The third-order valence-corrected chi connectivity index (χ3v) is 5.11. The van der Waals surface area contributed by atoms with Crippen molar-refractivity contribution in [3.63, 3.8) is 0 Å². The quantitative estimate of drug-likeness (QED) is 0.655. The van der Waals surface area contributed by atoms with Crippen molar-refractivity contribution in [2.24, 2.45) is 0 Å². The number of amides is 3. The van der Waals surface area contributed by atoms with E-state index in [9.17, 15) is 9.59 Å². The fraction of sp³-hybridized carbons (Fsp3) is 0.167. The van der Waals surface area contributed by atoms with Crippen LogP contribution >= 0.6 is 0 Å². The number of hydrogen-bond donors (Lipinski definition) is 2. The SMILES string of the molecule is Cc1ccccc1NC(=O)Nc1ccc2c(c1)CCC(=O)N2Cc1ccccc1. The molecule has 0 aliphatic carbocycles. The van der Waals surface area contributed by atoms with E-state index in [2.05, 4.69) is 10.6 Å². The predicted octanol–water partition coefficient (Wildman–Crippen LogP) is 5.12. The van der Waals surface area contributed by atoms with Crippen molar-refractivity contribution in [2.75, 3.05) is 15.5 Å². The molecule has 0 saturated carbocycles. The second-order valence-electron chi connectivity index (χ2n) is 7.20. The van der Waals surface area contributed by atoms with Gasteiger partial charge in [-0.3, -0.25) is 4.79 Å². The number of nitrogens with one attached hydrogen (secondary N) is 2. The van der Waals surface area contributed by atoms with Crippen LogP contribution in [0.5, 0.6) is 0 Å². The van der Waals surface area contributed by atoms with E-state index in [1.165, 1.54) is 0 Å². The average Bonchev–Trinajstić information content (AvgIpc) is 2.72. The van der Waals surface area contributed by atoms with Crippen molar-refractivity contribution >= 4 is 29.0 Å². The van der Waals surface area contributed by atoms with Gasteiger partial charge >= 0.3 is 6.03 Å². The third-order valence-electron chi connectivity index (χ3n) is 5.11. The molecule has 4 rings (SSSR count). The van der Waals surface area contributed by atoms with Crippen LogP contribution in [0.3, 0.4) is 0 Å². The Labute approximate surface area is 170 Å². The molecule has 3 amide bonds. The second kappa shape index (κ2) is 8.19. The molecule has 0 aromatic heterocycles. The van der Waals surface area contributed by atoms with E-state index in [1.807, 2.05) is 84.6 Å². The van der Waals surface area contributed by atoms with Gasteiger partial charge in [0.1, 0.15) is 0 Å². The molecular weight excluding hydrogens is 362 g/mol. The van der Waals surface area contributed by atoms with Crippen LogP contribution < -0.4 is 15.5 Å². The molecule has 0 bridgehead atoms. The largest absolute Gasteiger partial charge is 0.323 e. The molecule has 29 heavy (non-hydrogen) atoms. The first-order valence-corrected chi connectivity index (χ1v) is 9.71. The molecule has 3 aromatic rings. The Kier molecular flexibility index (Phi) is 5.29. The van der Waals surface area contributed by atoms with Gasteiger partial charge in [0.2, 0.25) is 5.91 Å². The van der Waals surface area contributed by atoms with Gasteiger partial charge in [-0.25, -0.2) is 4.79 Å². The molecule has 1 heterocycles. The summed E-state index contributed by atoms with van der Waals surface area (Å²) in [5.74, 6) is 0.124. The van der Waals surface area contributed by atoms with Crippen LogP contribution in [0.2, 0.25) is 0 Å². The normalized spacial score (nSPS) is 13.0. The number of benzene rings is 3. The fourth-order valence-corrected chi connectivity index (χ4v) is 3.57. The first-order valence-electron chi connectivity index (χ1n) is 9.71. The highest BCUT2D eigenvalue weighted by Crippen LogP contribution is 2.31. The summed E-state index contributed by atoms with van der Waals surface area (Å²) in [5.41, 5.74) is 5.56. The molecule has 0 spiro atoms. The van der Waals surface area contributed by atoms with Crippen molar-refractivity contribution in [3.8, 4) is 0 Å². The van der Waals surface area contributed by atoms with Crippen LogP contribution in [-0.2, 0) is 17.8 Å². The van der Waals surface area contributed by atoms with Crippen LogP contribution in [0.25, 0.3) is 0 Å². The maximum atomic E-state index is 12.5. The molecule has 1 aliphatic heterocycles. The summed E-state index contributed by atoms with van der Waals surface area (Å²) in [6.07, 6.45) is 1.15. The standard InChI is InChI=1S/C24H23N3O2/c1-17-7-5-6-10-21(17)26-24(29)25-20-12-13-22-19(15-20)11-14-23(28)27(22)16-18-8-3-2-4-9-18/h2-10,12-13,15H,11,14,16H2,1H3,(H2,25,26,29). The van der Waals surface area contributed by atoms with E-state index in [0.29, 0.717) is 25.1 Å². The summed E-state index contributed by atoms with van der Waals surface area (Å²) < 4.78 is 0. The summed E-state index contributed by atoms with van der Waals surface area (Å²) in [6, 6.07) is 23.0. The van der Waals surface area contributed by atoms with Crippen molar-refractivity contribution in [1.82, 2.24) is 0 Å². The number of hydrogen-bond acceptors (Lipinski definition) is 2. The topological polar surface area (TPSA) is 61.4 Å². The monoisotopic (exact) mass is 385 g/mol. The van der Waals surface area contributed by atoms with Gasteiger partial charge in [0.25, 0.3) is 0 Å². The summed E-state index contributed by atoms with van der Waals surface area (Å²) >= 11 is 0. The van der Waals surface area contributed by atoms with Crippen LogP contribution in [0.4, 0.5) is 21.9 Å². The Morgan fingerprint density at radius 1 is 0.931 bits per heavy atom. The number of rotatable bonds is 4. The number of urea groups is 1. The van der Waals surface area contributed by atoms with E-state index in [4.69, 9.17) is 0 Å². The Morgan fingerprint density at radius 2 is 1.69 bits per heavy atom. The molecule has 146 valence electrons. The molecule has 1 aliphatic rings. The van der Waals surface area contributed by atoms with Crippen molar-refractivity contribution in [3.05, 3.63) is 89.5 Å². The lowest BCUT2D eigenvalue weighted by atomic mass is 9.99. The summed E-state index contributed by atoms with van der Waals surface area (Å²) in [5, 5.41) is 5.76. The lowest BCUT2D eigenvalue weighted by Gasteiger charge is -2.30. The molecular formula is C24H23N3O2. The van der Waals surface area contributed by atoms with E-state index >= 15 is 0 Å². The molecule has 2 N–H and O–H groups in total. The Balaban J connectivity index is 1.50. The molecule has 5 heteroatoms. The minimum Gasteiger partial charge on any atom is -0.308 e. The third kappa shape index (κ3) is 4.29. The lowest BCUT2D eigenvalue weighted by Crippen LogP contribution is -2.34. The first kappa shape index (κ1) is 18.7. The van der Waals surface area contributed by atoms with Gasteiger partial charge in [0.05, 0.1) is 6.54 Å². The maximum absolute atomic E-state index is 12.5. The zero-order valence-corrected chi connectivity index (χ0v) is 16.3. The van der Waals surface area contributed by atoms with Gasteiger partial charge in [0, 0.05) is 23.5 Å².